The number of pyridine rings is 1. The van der Waals surface area contributed by atoms with Crippen molar-refractivity contribution in [2.45, 2.75) is 9.79 Å². The number of carbonyl (C=O) groups is 1. The standard InChI is InChI=1S/C12H10N2O4S/c13-10-6-9(7-14-11(10)12(15)16)19(17,18)8-4-2-1-3-5-8/h1-7H,13H2,(H,15,16). The van der Waals surface area contributed by atoms with E-state index >= 15 is 0 Å². The third-order valence-corrected chi connectivity index (χ3v) is 4.20. The van der Waals surface area contributed by atoms with Crippen molar-refractivity contribution in [1.29, 1.82) is 0 Å². The summed E-state index contributed by atoms with van der Waals surface area (Å²) in [6.07, 6.45) is 0.988. The summed E-state index contributed by atoms with van der Waals surface area (Å²) in [5.41, 5.74) is 4.93. The predicted octanol–water partition coefficient (Wildman–Crippen LogP) is 1.19. The Bertz CT molecular complexity index is 727. The first-order chi connectivity index (χ1) is 8.93. The van der Waals surface area contributed by atoms with Crippen LogP contribution in [0.1, 0.15) is 10.5 Å². The maximum atomic E-state index is 12.2. The van der Waals surface area contributed by atoms with Gasteiger partial charge in [-0.2, -0.15) is 0 Å². The molecule has 1 aromatic carbocycles. The molecule has 0 spiro atoms. The summed E-state index contributed by atoms with van der Waals surface area (Å²) in [6.45, 7) is 0. The van der Waals surface area contributed by atoms with E-state index in [9.17, 15) is 13.2 Å². The molecule has 0 amide bonds. The lowest BCUT2D eigenvalue weighted by atomic mass is 10.3. The number of nitrogens with zero attached hydrogens (tertiary/aromatic N) is 1. The van der Waals surface area contributed by atoms with E-state index in [-0.39, 0.29) is 21.2 Å². The van der Waals surface area contributed by atoms with Crippen LogP contribution in [-0.2, 0) is 9.84 Å². The fourth-order valence-corrected chi connectivity index (χ4v) is 2.78. The molecule has 0 bridgehead atoms. The van der Waals surface area contributed by atoms with Gasteiger partial charge in [-0.25, -0.2) is 18.2 Å². The normalized spacial score (nSPS) is 11.2. The third-order valence-electron chi connectivity index (χ3n) is 2.46. The molecule has 6 nitrogen and oxygen atoms in total. The van der Waals surface area contributed by atoms with Gasteiger partial charge in [0.05, 0.1) is 15.5 Å². The Morgan fingerprint density at radius 1 is 1.16 bits per heavy atom. The van der Waals surface area contributed by atoms with Crippen LogP contribution in [-0.4, -0.2) is 24.5 Å². The van der Waals surface area contributed by atoms with E-state index in [1.54, 1.807) is 18.2 Å². The maximum Gasteiger partial charge on any atom is 0.356 e. The molecule has 98 valence electrons. The first kappa shape index (κ1) is 13.0. The van der Waals surface area contributed by atoms with Crippen LogP contribution in [0.4, 0.5) is 5.69 Å². The number of nitrogens with two attached hydrogens (primary N) is 1. The molecule has 2 aromatic rings. The Hall–Kier alpha value is -2.41. The van der Waals surface area contributed by atoms with Crippen LogP contribution in [0.5, 0.6) is 0 Å². The molecule has 3 N–H and O–H groups in total. The van der Waals surface area contributed by atoms with Crippen molar-refractivity contribution in [2.75, 3.05) is 5.73 Å². The lowest BCUT2D eigenvalue weighted by molar-refractivity contribution is 0.0691. The minimum atomic E-state index is -3.74. The zero-order chi connectivity index (χ0) is 14.0. The predicted molar refractivity (Wildman–Crippen MR) is 67.5 cm³/mol. The van der Waals surface area contributed by atoms with Crippen molar-refractivity contribution in [3.8, 4) is 0 Å². The molecule has 0 radical (unpaired) electrons. The number of carboxylic acid groups (broad SMARTS) is 1. The van der Waals surface area contributed by atoms with Crippen molar-refractivity contribution >= 4 is 21.5 Å². The highest BCUT2D eigenvalue weighted by atomic mass is 32.2. The molecule has 0 fully saturated rings. The molecular formula is C12H10N2O4S. The van der Waals surface area contributed by atoms with E-state index < -0.39 is 15.8 Å². The van der Waals surface area contributed by atoms with Crippen LogP contribution in [0.15, 0.2) is 52.4 Å². The van der Waals surface area contributed by atoms with Gasteiger partial charge < -0.3 is 10.8 Å². The van der Waals surface area contributed by atoms with Gasteiger partial charge in [0.15, 0.2) is 5.69 Å². The Balaban J connectivity index is 2.54. The number of aromatic nitrogens is 1. The second kappa shape index (κ2) is 4.69. The Morgan fingerprint density at radius 3 is 2.32 bits per heavy atom. The van der Waals surface area contributed by atoms with E-state index in [0.29, 0.717) is 0 Å². The number of nitrogen functional groups attached to an aromatic ring is 1. The molecular weight excluding hydrogens is 268 g/mol. The van der Waals surface area contributed by atoms with Crippen LogP contribution >= 0.6 is 0 Å². The monoisotopic (exact) mass is 278 g/mol. The SMILES string of the molecule is Nc1cc(S(=O)(=O)c2ccccc2)cnc1C(=O)O. The molecule has 1 heterocycles. The number of hydrogen-bond donors (Lipinski definition) is 2. The van der Waals surface area contributed by atoms with Crippen LogP contribution in [0.25, 0.3) is 0 Å². The second-order valence-electron chi connectivity index (χ2n) is 3.73. The van der Waals surface area contributed by atoms with Gasteiger partial charge in [0.25, 0.3) is 0 Å². The number of sulfone groups is 1. The van der Waals surface area contributed by atoms with Crippen molar-refractivity contribution in [1.82, 2.24) is 4.98 Å². The van der Waals surface area contributed by atoms with Crippen molar-refractivity contribution in [3.63, 3.8) is 0 Å². The first-order valence-electron chi connectivity index (χ1n) is 5.22. The lowest BCUT2D eigenvalue weighted by Gasteiger charge is -2.06. The maximum absolute atomic E-state index is 12.2. The number of rotatable bonds is 3. The van der Waals surface area contributed by atoms with E-state index in [1.807, 2.05) is 0 Å². The quantitative estimate of drug-likeness (QED) is 0.872. The van der Waals surface area contributed by atoms with Crippen LogP contribution in [0.3, 0.4) is 0 Å². The summed E-state index contributed by atoms with van der Waals surface area (Å²) in [4.78, 5) is 14.3. The summed E-state index contributed by atoms with van der Waals surface area (Å²) < 4.78 is 24.4. The van der Waals surface area contributed by atoms with Gasteiger partial charge >= 0.3 is 5.97 Å². The summed E-state index contributed by atoms with van der Waals surface area (Å²) >= 11 is 0. The van der Waals surface area contributed by atoms with Crippen LogP contribution in [0, 0.1) is 0 Å². The fraction of sp³-hybridized carbons (Fsp3) is 0. The zero-order valence-corrected chi connectivity index (χ0v) is 10.5. The average Bonchev–Trinajstić information content (AvgIpc) is 2.39. The molecule has 19 heavy (non-hydrogen) atoms. The van der Waals surface area contributed by atoms with Gasteiger partial charge in [-0.15, -0.1) is 0 Å². The largest absolute Gasteiger partial charge is 0.476 e. The Labute approximate surface area is 109 Å². The number of anilines is 1. The fourth-order valence-electron chi connectivity index (χ4n) is 1.52. The van der Waals surface area contributed by atoms with Crippen molar-refractivity contribution in [3.05, 3.63) is 48.3 Å². The molecule has 0 unspecified atom stereocenters. The van der Waals surface area contributed by atoms with Crippen molar-refractivity contribution < 1.29 is 18.3 Å². The summed E-state index contributed by atoms with van der Waals surface area (Å²) in [7, 11) is -3.74. The molecule has 0 aliphatic rings. The Kier molecular flexibility index (Phi) is 3.22. The van der Waals surface area contributed by atoms with Gasteiger partial charge in [-0.3, -0.25) is 0 Å². The van der Waals surface area contributed by atoms with E-state index in [2.05, 4.69) is 4.98 Å². The zero-order valence-electron chi connectivity index (χ0n) is 9.65. The lowest BCUT2D eigenvalue weighted by Crippen LogP contribution is -2.09. The summed E-state index contributed by atoms with van der Waals surface area (Å²) in [6, 6.07) is 8.86. The number of aromatic carboxylic acids is 1. The van der Waals surface area contributed by atoms with E-state index in [4.69, 9.17) is 10.8 Å². The molecule has 7 heteroatoms. The third kappa shape index (κ3) is 2.41. The molecule has 0 saturated heterocycles. The van der Waals surface area contributed by atoms with Gasteiger partial charge in [0, 0.05) is 6.20 Å². The highest BCUT2D eigenvalue weighted by Crippen LogP contribution is 2.22. The van der Waals surface area contributed by atoms with Gasteiger partial charge in [0.2, 0.25) is 9.84 Å². The topological polar surface area (TPSA) is 110 Å². The van der Waals surface area contributed by atoms with Crippen LogP contribution < -0.4 is 5.73 Å². The number of hydrogen-bond acceptors (Lipinski definition) is 5. The molecule has 0 saturated carbocycles. The first-order valence-corrected chi connectivity index (χ1v) is 6.70. The molecule has 0 aliphatic carbocycles. The van der Waals surface area contributed by atoms with Gasteiger partial charge in [-0.1, -0.05) is 18.2 Å². The van der Waals surface area contributed by atoms with Crippen molar-refractivity contribution in [2.24, 2.45) is 0 Å². The number of benzene rings is 1. The smallest absolute Gasteiger partial charge is 0.356 e. The minimum Gasteiger partial charge on any atom is -0.476 e. The van der Waals surface area contributed by atoms with Crippen LogP contribution in [0.2, 0.25) is 0 Å². The molecule has 2 rings (SSSR count). The highest BCUT2D eigenvalue weighted by Gasteiger charge is 2.20. The van der Waals surface area contributed by atoms with Gasteiger partial charge in [0.1, 0.15) is 0 Å². The summed E-state index contributed by atoms with van der Waals surface area (Å²) in [5.74, 6) is -1.30. The number of carboxylic acids is 1. The van der Waals surface area contributed by atoms with E-state index in [0.717, 1.165) is 12.3 Å². The Morgan fingerprint density at radius 2 is 1.79 bits per heavy atom. The molecule has 0 atom stereocenters. The minimum absolute atomic E-state index is 0.0966. The van der Waals surface area contributed by atoms with E-state index in [1.165, 1.54) is 12.1 Å². The highest BCUT2D eigenvalue weighted by molar-refractivity contribution is 7.91. The van der Waals surface area contributed by atoms with Gasteiger partial charge in [-0.05, 0) is 18.2 Å². The average molecular weight is 278 g/mol. The summed E-state index contributed by atoms with van der Waals surface area (Å²) in [5, 5.41) is 8.78. The molecule has 0 aliphatic heterocycles. The molecule has 1 aromatic heterocycles. The second-order valence-corrected chi connectivity index (χ2v) is 5.68.